The lowest BCUT2D eigenvalue weighted by Gasteiger charge is -2.33. The van der Waals surface area contributed by atoms with E-state index in [0.717, 1.165) is 50.5 Å². The number of aliphatic hydroxyl groups excluding tert-OH is 1. The van der Waals surface area contributed by atoms with Crippen LogP contribution in [-0.4, -0.2) is 91.4 Å². The molecule has 1 aliphatic heterocycles. The largest absolute Gasteiger partial charge is 0.493 e. The second kappa shape index (κ2) is 11.3. The van der Waals surface area contributed by atoms with Crippen molar-refractivity contribution in [3.8, 4) is 11.5 Å². The SMILES string of the molecule is COc1ccc(CN(C)Cc2ccccn2)cc1OCC(O)CN1CCN(C)CC1. The Labute approximate surface area is 179 Å². The third-order valence-corrected chi connectivity index (χ3v) is 5.33. The van der Waals surface area contributed by atoms with Gasteiger partial charge in [0.25, 0.3) is 0 Å². The molecule has 7 heteroatoms. The van der Waals surface area contributed by atoms with Crippen LogP contribution in [0.25, 0.3) is 0 Å². The maximum absolute atomic E-state index is 10.4. The molecular formula is C23H34N4O3. The van der Waals surface area contributed by atoms with Gasteiger partial charge in [-0.05, 0) is 43.9 Å². The number of pyridine rings is 1. The molecule has 1 aromatic heterocycles. The summed E-state index contributed by atoms with van der Waals surface area (Å²) in [4.78, 5) is 11.2. The van der Waals surface area contributed by atoms with Gasteiger partial charge in [-0.1, -0.05) is 12.1 Å². The highest BCUT2D eigenvalue weighted by Crippen LogP contribution is 2.29. The summed E-state index contributed by atoms with van der Waals surface area (Å²) in [6.07, 6.45) is 1.28. The lowest BCUT2D eigenvalue weighted by molar-refractivity contribution is 0.0497. The fourth-order valence-corrected chi connectivity index (χ4v) is 3.64. The Hall–Kier alpha value is -2.19. The number of ether oxygens (including phenoxy) is 2. The number of benzene rings is 1. The van der Waals surface area contributed by atoms with E-state index in [4.69, 9.17) is 9.47 Å². The zero-order valence-electron chi connectivity index (χ0n) is 18.3. The van der Waals surface area contributed by atoms with Crippen molar-refractivity contribution in [1.29, 1.82) is 0 Å². The van der Waals surface area contributed by atoms with Crippen molar-refractivity contribution in [2.75, 3.05) is 60.5 Å². The number of methoxy groups -OCH3 is 1. The molecule has 3 rings (SSSR count). The molecule has 1 fully saturated rings. The van der Waals surface area contributed by atoms with Crippen molar-refractivity contribution in [2.24, 2.45) is 0 Å². The summed E-state index contributed by atoms with van der Waals surface area (Å²) in [7, 11) is 5.83. The minimum atomic E-state index is -0.534. The van der Waals surface area contributed by atoms with Crippen molar-refractivity contribution in [3.05, 3.63) is 53.9 Å². The van der Waals surface area contributed by atoms with Crippen molar-refractivity contribution in [2.45, 2.75) is 19.2 Å². The van der Waals surface area contributed by atoms with Crippen LogP contribution in [0.4, 0.5) is 0 Å². The Morgan fingerprint density at radius 1 is 1.10 bits per heavy atom. The minimum Gasteiger partial charge on any atom is -0.493 e. The second-order valence-electron chi connectivity index (χ2n) is 8.05. The molecule has 2 aromatic rings. The van der Waals surface area contributed by atoms with Gasteiger partial charge in [-0.2, -0.15) is 0 Å². The van der Waals surface area contributed by atoms with E-state index < -0.39 is 6.10 Å². The highest BCUT2D eigenvalue weighted by molar-refractivity contribution is 5.43. The van der Waals surface area contributed by atoms with Crippen LogP contribution in [0.3, 0.4) is 0 Å². The molecular weight excluding hydrogens is 380 g/mol. The lowest BCUT2D eigenvalue weighted by Crippen LogP contribution is -2.47. The van der Waals surface area contributed by atoms with Crippen LogP contribution < -0.4 is 9.47 Å². The first-order valence-electron chi connectivity index (χ1n) is 10.5. The molecule has 1 saturated heterocycles. The molecule has 164 valence electrons. The molecule has 0 amide bonds. The summed E-state index contributed by atoms with van der Waals surface area (Å²) >= 11 is 0. The average molecular weight is 415 g/mol. The van der Waals surface area contributed by atoms with Gasteiger partial charge in [0.05, 0.1) is 12.8 Å². The maximum atomic E-state index is 10.4. The van der Waals surface area contributed by atoms with Crippen LogP contribution in [0.1, 0.15) is 11.3 Å². The second-order valence-corrected chi connectivity index (χ2v) is 8.05. The molecule has 0 aliphatic carbocycles. The molecule has 1 aromatic carbocycles. The summed E-state index contributed by atoms with van der Waals surface area (Å²) in [6.45, 7) is 6.45. The number of β-amino-alcohol motifs (C(OH)–C–C–N with tert-alkyl or cyclic N) is 1. The zero-order chi connectivity index (χ0) is 21.3. The van der Waals surface area contributed by atoms with Crippen LogP contribution in [0.5, 0.6) is 11.5 Å². The number of hydrogen-bond acceptors (Lipinski definition) is 7. The molecule has 1 atom stereocenters. The number of hydrogen-bond donors (Lipinski definition) is 1. The summed E-state index contributed by atoms with van der Waals surface area (Å²) in [6, 6.07) is 11.9. The van der Waals surface area contributed by atoms with Gasteiger partial charge in [0.15, 0.2) is 11.5 Å². The summed E-state index contributed by atoms with van der Waals surface area (Å²) in [5.74, 6) is 1.34. The predicted octanol–water partition coefficient (Wildman–Crippen LogP) is 1.71. The summed E-state index contributed by atoms with van der Waals surface area (Å²) in [5, 5.41) is 10.4. The topological polar surface area (TPSA) is 61.3 Å². The molecule has 1 unspecified atom stereocenters. The Balaban J connectivity index is 1.53. The van der Waals surface area contributed by atoms with Crippen LogP contribution in [0.2, 0.25) is 0 Å². The van der Waals surface area contributed by atoms with Gasteiger partial charge in [-0.15, -0.1) is 0 Å². The van der Waals surface area contributed by atoms with E-state index in [0.29, 0.717) is 18.0 Å². The molecule has 1 N–H and O–H groups in total. The molecule has 0 saturated carbocycles. The first-order chi connectivity index (χ1) is 14.5. The standard InChI is InChI=1S/C23H34N4O3/c1-25-10-12-27(13-11-25)17-21(28)18-30-23-14-19(7-8-22(23)29-3)15-26(2)16-20-6-4-5-9-24-20/h4-9,14,21,28H,10-13,15-18H2,1-3H3. The molecule has 30 heavy (non-hydrogen) atoms. The molecule has 0 bridgehead atoms. The van der Waals surface area contributed by atoms with E-state index in [2.05, 4.69) is 33.8 Å². The third kappa shape index (κ3) is 6.95. The van der Waals surface area contributed by atoms with Gasteiger partial charge >= 0.3 is 0 Å². The molecule has 7 nitrogen and oxygen atoms in total. The van der Waals surface area contributed by atoms with Gasteiger partial charge in [0.2, 0.25) is 0 Å². The Kier molecular flexibility index (Phi) is 8.45. The highest BCUT2D eigenvalue weighted by Gasteiger charge is 2.18. The van der Waals surface area contributed by atoms with E-state index in [9.17, 15) is 5.11 Å². The zero-order valence-corrected chi connectivity index (χ0v) is 18.3. The molecule has 1 aliphatic rings. The Bertz CT molecular complexity index is 766. The maximum Gasteiger partial charge on any atom is 0.161 e. The number of aromatic nitrogens is 1. The number of rotatable bonds is 10. The normalized spacial score (nSPS) is 16.6. The molecule has 2 heterocycles. The van der Waals surface area contributed by atoms with E-state index >= 15 is 0 Å². The van der Waals surface area contributed by atoms with Gasteiger partial charge in [0, 0.05) is 52.0 Å². The van der Waals surface area contributed by atoms with Crippen LogP contribution >= 0.6 is 0 Å². The van der Waals surface area contributed by atoms with E-state index in [1.807, 2.05) is 42.6 Å². The van der Waals surface area contributed by atoms with Crippen LogP contribution in [0, 0.1) is 0 Å². The minimum absolute atomic E-state index is 0.246. The molecule has 0 radical (unpaired) electrons. The third-order valence-electron chi connectivity index (χ3n) is 5.33. The number of nitrogens with zero attached hydrogens (tertiary/aromatic N) is 4. The van der Waals surface area contributed by atoms with Crippen LogP contribution in [-0.2, 0) is 13.1 Å². The van der Waals surface area contributed by atoms with Gasteiger partial charge in [-0.3, -0.25) is 14.8 Å². The quantitative estimate of drug-likeness (QED) is 0.635. The Morgan fingerprint density at radius 3 is 2.60 bits per heavy atom. The van der Waals surface area contributed by atoms with Gasteiger partial charge in [-0.25, -0.2) is 0 Å². The highest BCUT2D eigenvalue weighted by atomic mass is 16.5. The van der Waals surface area contributed by atoms with Gasteiger partial charge < -0.3 is 19.5 Å². The average Bonchev–Trinajstić information content (AvgIpc) is 2.74. The smallest absolute Gasteiger partial charge is 0.161 e. The van der Waals surface area contributed by atoms with E-state index in [1.54, 1.807) is 7.11 Å². The number of piperazine rings is 1. The number of likely N-dealkylation sites (N-methyl/N-ethyl adjacent to an activating group) is 1. The predicted molar refractivity (Wildman–Crippen MR) is 118 cm³/mol. The summed E-state index contributed by atoms with van der Waals surface area (Å²) < 4.78 is 11.4. The van der Waals surface area contributed by atoms with Crippen molar-refractivity contribution < 1.29 is 14.6 Å². The fourth-order valence-electron chi connectivity index (χ4n) is 3.64. The summed E-state index contributed by atoms with van der Waals surface area (Å²) in [5.41, 5.74) is 2.16. The number of aliphatic hydroxyl groups is 1. The Morgan fingerprint density at radius 2 is 1.90 bits per heavy atom. The lowest BCUT2D eigenvalue weighted by atomic mass is 10.2. The van der Waals surface area contributed by atoms with Crippen molar-refractivity contribution in [3.63, 3.8) is 0 Å². The van der Waals surface area contributed by atoms with Crippen molar-refractivity contribution >= 4 is 0 Å². The van der Waals surface area contributed by atoms with Gasteiger partial charge in [0.1, 0.15) is 12.7 Å². The monoisotopic (exact) mass is 414 g/mol. The fraction of sp³-hybridized carbons (Fsp3) is 0.522. The molecule has 0 spiro atoms. The van der Waals surface area contributed by atoms with E-state index in [1.165, 1.54) is 0 Å². The van der Waals surface area contributed by atoms with E-state index in [-0.39, 0.29) is 6.61 Å². The van der Waals surface area contributed by atoms with Crippen LogP contribution in [0.15, 0.2) is 42.6 Å². The first-order valence-corrected chi connectivity index (χ1v) is 10.5. The first kappa shape index (κ1) is 22.5. The van der Waals surface area contributed by atoms with Crippen molar-refractivity contribution in [1.82, 2.24) is 19.7 Å².